The normalized spacial score (nSPS) is 14.3. The molecule has 3 aromatic rings. The molecule has 0 radical (unpaired) electrons. The summed E-state index contributed by atoms with van der Waals surface area (Å²) in [5, 5.41) is 12.4. The second kappa shape index (κ2) is 8.91. The van der Waals surface area contributed by atoms with Crippen molar-refractivity contribution in [1.29, 1.82) is 0 Å². The third kappa shape index (κ3) is 4.85. The lowest BCUT2D eigenvalue weighted by Gasteiger charge is -2.31. The van der Waals surface area contributed by atoms with Crippen molar-refractivity contribution >= 4 is 17.5 Å². The Hall–Kier alpha value is -3.81. The SMILES string of the molecule is O=C(Nc1cnc(-c2cccc(O)c2)nc1)C1CCN(C(=O)c2ccc(F)cc2)CC1. The molecule has 1 aliphatic heterocycles. The van der Waals surface area contributed by atoms with Gasteiger partial charge in [0.25, 0.3) is 5.91 Å². The third-order valence-corrected chi connectivity index (χ3v) is 5.27. The van der Waals surface area contributed by atoms with Crippen LogP contribution in [0, 0.1) is 11.7 Å². The highest BCUT2D eigenvalue weighted by Gasteiger charge is 2.28. The summed E-state index contributed by atoms with van der Waals surface area (Å²) >= 11 is 0. The van der Waals surface area contributed by atoms with E-state index in [0.29, 0.717) is 48.6 Å². The number of aromatic hydroxyl groups is 1. The second-order valence-corrected chi connectivity index (χ2v) is 7.41. The standard InChI is InChI=1S/C23H21FN4O3/c24-18-6-4-16(5-7-18)23(31)28-10-8-15(9-11-28)22(30)27-19-13-25-21(26-14-19)17-2-1-3-20(29)12-17/h1-7,12-15,29H,8-11H2,(H,27,30). The van der Waals surface area contributed by atoms with E-state index in [-0.39, 0.29) is 29.3 Å². The van der Waals surface area contributed by atoms with Gasteiger partial charge in [-0.15, -0.1) is 0 Å². The number of nitrogens with zero attached hydrogens (tertiary/aromatic N) is 3. The fraction of sp³-hybridized carbons (Fsp3) is 0.217. The first-order valence-electron chi connectivity index (χ1n) is 9.97. The topological polar surface area (TPSA) is 95.4 Å². The number of phenols is 1. The van der Waals surface area contributed by atoms with Gasteiger partial charge in [-0.3, -0.25) is 9.59 Å². The number of hydrogen-bond donors (Lipinski definition) is 2. The van der Waals surface area contributed by atoms with Gasteiger partial charge >= 0.3 is 0 Å². The van der Waals surface area contributed by atoms with E-state index in [9.17, 15) is 19.1 Å². The minimum absolute atomic E-state index is 0.128. The monoisotopic (exact) mass is 420 g/mol. The molecule has 7 nitrogen and oxygen atoms in total. The van der Waals surface area contributed by atoms with Crippen molar-refractivity contribution in [1.82, 2.24) is 14.9 Å². The summed E-state index contributed by atoms with van der Waals surface area (Å²) in [7, 11) is 0. The molecule has 0 bridgehead atoms. The highest BCUT2D eigenvalue weighted by Crippen LogP contribution is 2.23. The number of hydrogen-bond acceptors (Lipinski definition) is 5. The Morgan fingerprint density at radius 1 is 1.03 bits per heavy atom. The predicted molar refractivity (Wildman–Crippen MR) is 113 cm³/mol. The molecule has 2 amide bonds. The molecule has 0 saturated carbocycles. The molecule has 2 heterocycles. The molecule has 8 heteroatoms. The van der Waals surface area contributed by atoms with Gasteiger partial charge in [-0.2, -0.15) is 0 Å². The molecular weight excluding hydrogens is 399 g/mol. The molecule has 4 rings (SSSR count). The fourth-order valence-corrected chi connectivity index (χ4v) is 3.55. The Morgan fingerprint density at radius 2 is 1.71 bits per heavy atom. The van der Waals surface area contributed by atoms with E-state index in [0.717, 1.165) is 0 Å². The van der Waals surface area contributed by atoms with E-state index in [1.54, 1.807) is 29.2 Å². The van der Waals surface area contributed by atoms with Crippen molar-refractivity contribution in [3.8, 4) is 17.1 Å². The molecule has 1 aromatic heterocycles. The summed E-state index contributed by atoms with van der Waals surface area (Å²) in [6.07, 6.45) is 4.14. The van der Waals surface area contributed by atoms with Crippen LogP contribution in [0.1, 0.15) is 23.2 Å². The first-order valence-corrected chi connectivity index (χ1v) is 9.97. The van der Waals surface area contributed by atoms with Crippen molar-refractivity contribution in [3.05, 3.63) is 72.3 Å². The van der Waals surface area contributed by atoms with Crippen LogP contribution >= 0.6 is 0 Å². The van der Waals surface area contributed by atoms with E-state index < -0.39 is 0 Å². The number of carbonyl (C=O) groups is 2. The molecular formula is C23H21FN4O3. The van der Waals surface area contributed by atoms with Gasteiger partial charge in [-0.05, 0) is 49.2 Å². The maximum Gasteiger partial charge on any atom is 0.253 e. The molecule has 31 heavy (non-hydrogen) atoms. The smallest absolute Gasteiger partial charge is 0.253 e. The van der Waals surface area contributed by atoms with Gasteiger partial charge < -0.3 is 15.3 Å². The Kier molecular flexibility index (Phi) is 5.88. The van der Waals surface area contributed by atoms with Gasteiger partial charge in [0.05, 0.1) is 18.1 Å². The van der Waals surface area contributed by atoms with Crippen LogP contribution in [0.3, 0.4) is 0 Å². The van der Waals surface area contributed by atoms with Crippen LogP contribution in [0.25, 0.3) is 11.4 Å². The van der Waals surface area contributed by atoms with E-state index in [4.69, 9.17) is 0 Å². The summed E-state index contributed by atoms with van der Waals surface area (Å²) in [5.74, 6) is -0.324. The van der Waals surface area contributed by atoms with Crippen LogP contribution < -0.4 is 5.32 Å². The van der Waals surface area contributed by atoms with Gasteiger partial charge in [-0.25, -0.2) is 14.4 Å². The zero-order chi connectivity index (χ0) is 21.8. The van der Waals surface area contributed by atoms with Crippen molar-refractivity contribution in [2.24, 2.45) is 5.92 Å². The summed E-state index contributed by atoms with van der Waals surface area (Å²) < 4.78 is 13.0. The number of aromatic nitrogens is 2. The summed E-state index contributed by atoms with van der Waals surface area (Å²) in [6, 6.07) is 12.1. The lowest BCUT2D eigenvalue weighted by atomic mass is 9.95. The fourth-order valence-electron chi connectivity index (χ4n) is 3.55. The number of rotatable bonds is 4. The average Bonchev–Trinajstić information content (AvgIpc) is 2.80. The van der Waals surface area contributed by atoms with Gasteiger partial charge in [-0.1, -0.05) is 12.1 Å². The molecule has 0 unspecified atom stereocenters. The van der Waals surface area contributed by atoms with Crippen molar-refractivity contribution < 1.29 is 19.1 Å². The molecule has 0 aliphatic carbocycles. The van der Waals surface area contributed by atoms with Crippen molar-refractivity contribution in [2.45, 2.75) is 12.8 Å². The van der Waals surface area contributed by atoms with E-state index in [1.165, 1.54) is 36.7 Å². The van der Waals surface area contributed by atoms with Crippen LogP contribution in [0.15, 0.2) is 60.9 Å². The number of piperidine rings is 1. The van der Waals surface area contributed by atoms with Crippen LogP contribution in [-0.2, 0) is 4.79 Å². The van der Waals surface area contributed by atoms with Crippen LogP contribution in [0.5, 0.6) is 5.75 Å². The van der Waals surface area contributed by atoms with Crippen molar-refractivity contribution in [3.63, 3.8) is 0 Å². The predicted octanol–water partition coefficient (Wildman–Crippen LogP) is 3.48. The van der Waals surface area contributed by atoms with Crippen LogP contribution in [0.2, 0.25) is 0 Å². The molecule has 1 saturated heterocycles. The summed E-state index contributed by atoms with van der Waals surface area (Å²) in [5.41, 5.74) is 1.60. The maximum atomic E-state index is 13.0. The van der Waals surface area contributed by atoms with E-state index >= 15 is 0 Å². The maximum absolute atomic E-state index is 13.0. The minimum Gasteiger partial charge on any atom is -0.508 e. The zero-order valence-electron chi connectivity index (χ0n) is 16.7. The number of nitrogens with one attached hydrogen (secondary N) is 1. The van der Waals surface area contributed by atoms with Crippen LogP contribution in [0.4, 0.5) is 10.1 Å². The highest BCUT2D eigenvalue weighted by molar-refractivity contribution is 5.95. The molecule has 2 N–H and O–H groups in total. The van der Waals surface area contributed by atoms with E-state index in [1.807, 2.05) is 0 Å². The number of benzene rings is 2. The van der Waals surface area contributed by atoms with Gasteiger partial charge in [0, 0.05) is 30.1 Å². The number of phenolic OH excluding ortho intramolecular Hbond substituents is 1. The quantitative estimate of drug-likeness (QED) is 0.674. The summed E-state index contributed by atoms with van der Waals surface area (Å²) in [4.78, 5) is 35.3. The second-order valence-electron chi connectivity index (χ2n) is 7.41. The number of likely N-dealkylation sites (tertiary alicyclic amines) is 1. The molecule has 1 fully saturated rings. The molecule has 1 aliphatic rings. The van der Waals surface area contributed by atoms with Gasteiger partial charge in [0.1, 0.15) is 11.6 Å². The molecule has 0 atom stereocenters. The number of anilines is 1. The first-order chi connectivity index (χ1) is 15.0. The lowest BCUT2D eigenvalue weighted by molar-refractivity contribution is -0.121. The third-order valence-electron chi connectivity index (χ3n) is 5.27. The van der Waals surface area contributed by atoms with Crippen molar-refractivity contribution in [2.75, 3.05) is 18.4 Å². The number of amides is 2. The molecule has 0 spiro atoms. The zero-order valence-corrected chi connectivity index (χ0v) is 16.7. The number of carbonyl (C=O) groups excluding carboxylic acids is 2. The van der Waals surface area contributed by atoms with E-state index in [2.05, 4.69) is 15.3 Å². The van der Waals surface area contributed by atoms with Crippen LogP contribution in [-0.4, -0.2) is 44.9 Å². The highest BCUT2D eigenvalue weighted by atomic mass is 19.1. The van der Waals surface area contributed by atoms with Gasteiger partial charge in [0.15, 0.2) is 5.82 Å². The Labute approximate surface area is 178 Å². The molecule has 158 valence electrons. The Morgan fingerprint density at radius 3 is 2.35 bits per heavy atom. The number of halogens is 1. The average molecular weight is 420 g/mol. The minimum atomic E-state index is -0.383. The lowest BCUT2D eigenvalue weighted by Crippen LogP contribution is -2.41. The summed E-state index contributed by atoms with van der Waals surface area (Å²) in [6.45, 7) is 0.919. The van der Waals surface area contributed by atoms with Gasteiger partial charge in [0.2, 0.25) is 5.91 Å². The molecule has 2 aromatic carbocycles. The Balaban J connectivity index is 1.32. The Bertz CT molecular complexity index is 1080. The first kappa shape index (κ1) is 20.5. The largest absolute Gasteiger partial charge is 0.508 e.